The molecule has 0 radical (unpaired) electrons. The van der Waals surface area contributed by atoms with Crippen LogP contribution in [-0.4, -0.2) is 47.2 Å². The molecule has 7 heteroatoms. The molecule has 2 heterocycles. The molecule has 0 spiro atoms. The average molecular weight is 320 g/mol. The van der Waals surface area contributed by atoms with E-state index in [0.717, 1.165) is 25.9 Å². The number of morpholine rings is 1. The summed E-state index contributed by atoms with van der Waals surface area (Å²) < 4.78 is 5.32. The molecule has 126 valence electrons. The highest BCUT2D eigenvalue weighted by Crippen LogP contribution is 2.16. The molecule has 1 saturated heterocycles. The minimum Gasteiger partial charge on any atom is -0.387 e. The number of aromatic nitrogens is 2. The molecule has 2 aliphatic rings. The van der Waals surface area contributed by atoms with Crippen molar-refractivity contribution < 1.29 is 4.74 Å². The van der Waals surface area contributed by atoms with Gasteiger partial charge in [-0.2, -0.15) is 0 Å². The van der Waals surface area contributed by atoms with E-state index in [0.29, 0.717) is 29.8 Å². The highest BCUT2D eigenvalue weighted by Gasteiger charge is 2.11. The van der Waals surface area contributed by atoms with Crippen molar-refractivity contribution in [1.29, 1.82) is 0 Å². The minimum atomic E-state index is -0.482. The Morgan fingerprint density at radius 3 is 2.57 bits per heavy atom. The van der Waals surface area contributed by atoms with E-state index in [1.807, 2.05) is 6.20 Å². The second-order valence-electron chi connectivity index (χ2n) is 6.16. The van der Waals surface area contributed by atoms with Gasteiger partial charge < -0.3 is 19.9 Å². The summed E-state index contributed by atoms with van der Waals surface area (Å²) in [6.07, 6.45) is 9.57. The molecular formula is C16H24N4O3. The zero-order chi connectivity index (χ0) is 16.1. The van der Waals surface area contributed by atoms with Gasteiger partial charge in [-0.25, -0.2) is 4.79 Å². The zero-order valence-electron chi connectivity index (χ0n) is 13.3. The number of H-pyrrole nitrogens is 2. The molecule has 23 heavy (non-hydrogen) atoms. The van der Waals surface area contributed by atoms with Gasteiger partial charge in [0.2, 0.25) is 0 Å². The maximum absolute atomic E-state index is 12.2. The Hall–Kier alpha value is -2.02. The molecule has 3 rings (SSSR count). The first-order valence-corrected chi connectivity index (χ1v) is 8.35. The van der Waals surface area contributed by atoms with Crippen molar-refractivity contribution in [1.82, 2.24) is 20.2 Å². The first-order chi connectivity index (χ1) is 11.2. The van der Waals surface area contributed by atoms with Gasteiger partial charge >= 0.3 is 5.69 Å². The number of aromatic amines is 2. The van der Waals surface area contributed by atoms with E-state index in [9.17, 15) is 9.59 Å². The Balaban J connectivity index is 1.92. The summed E-state index contributed by atoms with van der Waals surface area (Å²) in [4.78, 5) is 30.9. The van der Waals surface area contributed by atoms with Crippen molar-refractivity contribution in [3.05, 3.63) is 31.4 Å². The fraction of sp³-hybridized carbons (Fsp3) is 0.625. The highest BCUT2D eigenvalue weighted by atomic mass is 16.5. The lowest BCUT2D eigenvalue weighted by atomic mass is 9.96. The molecule has 3 N–H and O–H groups in total. The van der Waals surface area contributed by atoms with Crippen molar-refractivity contribution in [3.8, 4) is 0 Å². The summed E-state index contributed by atoms with van der Waals surface area (Å²) in [7, 11) is 0. The van der Waals surface area contributed by atoms with Crippen LogP contribution in [0, 0.1) is 0 Å². The van der Waals surface area contributed by atoms with Crippen LogP contribution in [0.25, 0.3) is 12.4 Å². The molecular weight excluding hydrogens is 296 g/mol. The predicted octanol–water partition coefficient (Wildman–Crippen LogP) is -1.21. The number of nitrogens with one attached hydrogen (secondary N) is 3. The molecule has 1 saturated carbocycles. The van der Waals surface area contributed by atoms with Crippen LogP contribution < -0.4 is 27.1 Å². The lowest BCUT2D eigenvalue weighted by Crippen LogP contribution is -2.51. The third-order valence-electron chi connectivity index (χ3n) is 4.44. The molecule has 2 fully saturated rings. The first-order valence-electron chi connectivity index (χ1n) is 8.35. The van der Waals surface area contributed by atoms with E-state index in [1.54, 1.807) is 6.20 Å². The quantitative estimate of drug-likeness (QED) is 0.650. The molecule has 0 aromatic carbocycles. The van der Waals surface area contributed by atoms with Crippen LogP contribution in [0.4, 0.5) is 0 Å². The van der Waals surface area contributed by atoms with Crippen molar-refractivity contribution in [2.24, 2.45) is 0 Å². The molecule has 1 aliphatic heterocycles. The van der Waals surface area contributed by atoms with Crippen molar-refractivity contribution in [2.45, 2.75) is 38.1 Å². The van der Waals surface area contributed by atoms with Crippen LogP contribution in [0.15, 0.2) is 9.59 Å². The van der Waals surface area contributed by atoms with E-state index in [4.69, 9.17) is 4.74 Å². The average Bonchev–Trinajstić information content (AvgIpc) is 2.56. The predicted molar refractivity (Wildman–Crippen MR) is 88.3 cm³/mol. The largest absolute Gasteiger partial charge is 0.387 e. The van der Waals surface area contributed by atoms with Crippen LogP contribution >= 0.6 is 0 Å². The summed E-state index contributed by atoms with van der Waals surface area (Å²) in [5.41, 5.74) is -0.846. The van der Waals surface area contributed by atoms with Gasteiger partial charge in [0.25, 0.3) is 5.56 Å². The summed E-state index contributed by atoms with van der Waals surface area (Å²) in [6.45, 7) is 2.82. The molecule has 0 bridgehead atoms. The second-order valence-corrected chi connectivity index (χ2v) is 6.16. The van der Waals surface area contributed by atoms with E-state index in [1.165, 1.54) is 19.3 Å². The molecule has 0 unspecified atom stereocenters. The van der Waals surface area contributed by atoms with Crippen molar-refractivity contribution in [3.63, 3.8) is 0 Å². The summed E-state index contributed by atoms with van der Waals surface area (Å²) in [6, 6.07) is 0.409. The van der Waals surface area contributed by atoms with Crippen LogP contribution in [0.2, 0.25) is 0 Å². The van der Waals surface area contributed by atoms with Gasteiger partial charge in [-0.3, -0.25) is 9.78 Å². The fourth-order valence-electron chi connectivity index (χ4n) is 3.12. The molecule has 0 atom stereocenters. The van der Waals surface area contributed by atoms with Crippen LogP contribution in [0.1, 0.15) is 32.1 Å². The SMILES string of the molecule is O=c1[nH]c(=O)c(=C\NC2CCCCC2)/c(=C\N2CCOCC2)[nH]1. The maximum Gasteiger partial charge on any atom is 0.326 e. The fourth-order valence-corrected chi connectivity index (χ4v) is 3.12. The number of hydrogen-bond donors (Lipinski definition) is 3. The summed E-state index contributed by atoms with van der Waals surface area (Å²) in [5.74, 6) is 0. The maximum atomic E-state index is 12.2. The number of ether oxygens (including phenoxy) is 1. The number of nitrogens with zero attached hydrogens (tertiary/aromatic N) is 1. The van der Waals surface area contributed by atoms with Crippen LogP contribution in [-0.2, 0) is 4.74 Å². The highest BCUT2D eigenvalue weighted by molar-refractivity contribution is 5.26. The van der Waals surface area contributed by atoms with E-state index in [2.05, 4.69) is 20.2 Å². The van der Waals surface area contributed by atoms with E-state index >= 15 is 0 Å². The summed E-state index contributed by atoms with van der Waals surface area (Å²) in [5, 5.41) is 4.36. The van der Waals surface area contributed by atoms with Gasteiger partial charge in [-0.05, 0) is 12.8 Å². The molecule has 1 aromatic heterocycles. The van der Waals surface area contributed by atoms with Gasteiger partial charge in [0, 0.05) is 31.5 Å². The van der Waals surface area contributed by atoms with E-state index < -0.39 is 5.69 Å². The lowest BCUT2D eigenvalue weighted by molar-refractivity contribution is 0.0662. The van der Waals surface area contributed by atoms with Crippen molar-refractivity contribution >= 4 is 12.4 Å². The number of rotatable bonds is 3. The Morgan fingerprint density at radius 1 is 1.09 bits per heavy atom. The summed E-state index contributed by atoms with van der Waals surface area (Å²) >= 11 is 0. The van der Waals surface area contributed by atoms with Crippen molar-refractivity contribution in [2.75, 3.05) is 26.3 Å². The lowest BCUT2D eigenvalue weighted by Gasteiger charge is -2.24. The zero-order valence-corrected chi connectivity index (χ0v) is 13.3. The van der Waals surface area contributed by atoms with Gasteiger partial charge in [0.15, 0.2) is 0 Å². The molecule has 1 aliphatic carbocycles. The van der Waals surface area contributed by atoms with Gasteiger partial charge in [0.05, 0.1) is 23.8 Å². The minimum absolute atomic E-state index is 0.364. The van der Waals surface area contributed by atoms with Gasteiger partial charge in [-0.15, -0.1) is 0 Å². The molecule has 0 amide bonds. The third-order valence-corrected chi connectivity index (χ3v) is 4.44. The Labute approximate surface area is 134 Å². The monoisotopic (exact) mass is 320 g/mol. The first kappa shape index (κ1) is 15.9. The topological polar surface area (TPSA) is 90.2 Å². The van der Waals surface area contributed by atoms with Gasteiger partial charge in [-0.1, -0.05) is 19.3 Å². The van der Waals surface area contributed by atoms with Crippen LogP contribution in [0.3, 0.4) is 0 Å². The Bertz CT molecular complexity index is 740. The van der Waals surface area contributed by atoms with Crippen LogP contribution in [0.5, 0.6) is 0 Å². The van der Waals surface area contributed by atoms with E-state index in [-0.39, 0.29) is 5.56 Å². The third kappa shape index (κ3) is 4.25. The van der Waals surface area contributed by atoms with Gasteiger partial charge in [0.1, 0.15) is 0 Å². The Morgan fingerprint density at radius 2 is 1.83 bits per heavy atom. The number of hydrogen-bond acceptors (Lipinski definition) is 5. The molecule has 7 nitrogen and oxygen atoms in total. The normalized spacial score (nSPS) is 21.7. The Kier molecular flexibility index (Phi) is 5.17. The standard InChI is InChI=1S/C16H24N4O3/c21-15-13(10-17-12-4-2-1-3-5-12)14(18-16(22)19-15)11-20-6-8-23-9-7-20/h10-12,17H,1-9H2,(H2,18,19,21,22)/b13-10-,14-11+. The smallest absolute Gasteiger partial charge is 0.326 e. The molecule has 1 aromatic rings. The second kappa shape index (κ2) is 7.50.